The molecule has 0 unspecified atom stereocenters. The first-order chi connectivity index (χ1) is 9.22. The first kappa shape index (κ1) is 13.3. The Balaban J connectivity index is 2.09. The third-order valence-electron chi connectivity index (χ3n) is 3.02. The van der Waals surface area contributed by atoms with E-state index in [1.54, 1.807) is 4.68 Å². The molecule has 0 aliphatic rings. The van der Waals surface area contributed by atoms with Gasteiger partial charge in [-0.25, -0.2) is 0 Å². The monoisotopic (exact) mass is 256 g/mol. The van der Waals surface area contributed by atoms with Crippen molar-refractivity contribution in [3.63, 3.8) is 0 Å². The molecule has 0 spiro atoms. The van der Waals surface area contributed by atoms with Gasteiger partial charge in [-0.05, 0) is 36.2 Å². The molecule has 0 saturated carbocycles. The van der Waals surface area contributed by atoms with Crippen LogP contribution in [0, 0.1) is 17.4 Å². The first-order valence-corrected chi connectivity index (χ1v) is 6.36. The van der Waals surface area contributed by atoms with Gasteiger partial charge in [-0.15, -0.1) is 0 Å². The lowest BCUT2D eigenvalue weighted by Gasteiger charge is -2.11. The number of benzene rings is 1. The highest BCUT2D eigenvalue weighted by Gasteiger charge is 2.05. The van der Waals surface area contributed by atoms with E-state index in [0.29, 0.717) is 6.61 Å². The van der Waals surface area contributed by atoms with Gasteiger partial charge in [0.05, 0.1) is 12.8 Å². The van der Waals surface area contributed by atoms with Crippen LogP contribution in [-0.2, 0) is 7.05 Å². The lowest BCUT2D eigenvalue weighted by atomic mass is 10.1. The summed E-state index contributed by atoms with van der Waals surface area (Å²) in [6.45, 7) is 2.58. The van der Waals surface area contributed by atoms with Crippen molar-refractivity contribution < 1.29 is 4.74 Å². The molecule has 0 saturated heterocycles. The fraction of sp³-hybridized carbons (Fsp3) is 0.333. The fourth-order valence-corrected chi connectivity index (χ4v) is 1.76. The smallest absolute Gasteiger partial charge is 0.120 e. The summed E-state index contributed by atoms with van der Waals surface area (Å²) in [4.78, 5) is 0. The molecule has 1 N–H and O–H groups in total. The minimum atomic E-state index is 0.169. The molecular weight excluding hydrogens is 238 g/mol. The van der Waals surface area contributed by atoms with Gasteiger partial charge in [0, 0.05) is 30.9 Å². The molecule has 2 aromatic rings. The average Bonchev–Trinajstić information content (AvgIpc) is 2.87. The molecule has 1 aromatic carbocycles. The topological polar surface area (TPSA) is 50.9 Å². The van der Waals surface area contributed by atoms with Gasteiger partial charge < -0.3 is 10.1 Å². The molecule has 2 rings (SSSR count). The van der Waals surface area contributed by atoms with Gasteiger partial charge in [-0.1, -0.05) is 6.92 Å². The van der Waals surface area contributed by atoms with E-state index < -0.39 is 0 Å². The molecule has 1 heterocycles. The third kappa shape index (κ3) is 3.44. The van der Waals surface area contributed by atoms with Gasteiger partial charge in [0.15, 0.2) is 0 Å². The van der Waals surface area contributed by atoms with Gasteiger partial charge >= 0.3 is 0 Å². The van der Waals surface area contributed by atoms with E-state index in [9.17, 15) is 0 Å². The van der Waals surface area contributed by atoms with Crippen LogP contribution < -0.4 is 4.74 Å². The third-order valence-corrected chi connectivity index (χ3v) is 3.02. The Bertz CT molecular complexity index is 548. The summed E-state index contributed by atoms with van der Waals surface area (Å²) in [6, 6.07) is 8.78. The predicted octanol–water partition coefficient (Wildman–Crippen LogP) is 2.94. The van der Waals surface area contributed by atoms with E-state index in [1.165, 1.54) is 6.21 Å². The van der Waals surface area contributed by atoms with Gasteiger partial charge in [-0.3, -0.25) is 4.68 Å². The Morgan fingerprint density at radius 2 is 2.32 bits per heavy atom. The highest BCUT2D eigenvalue weighted by atomic mass is 16.5. The van der Waals surface area contributed by atoms with Gasteiger partial charge in [0.1, 0.15) is 5.75 Å². The zero-order valence-corrected chi connectivity index (χ0v) is 11.3. The van der Waals surface area contributed by atoms with Crippen molar-refractivity contribution in [1.82, 2.24) is 9.78 Å². The molecular formula is C15H18N3O. The molecule has 0 bridgehead atoms. The minimum absolute atomic E-state index is 0.169. The molecule has 99 valence electrons. The predicted molar refractivity (Wildman–Crippen MR) is 75.5 cm³/mol. The van der Waals surface area contributed by atoms with Crippen LogP contribution in [0.5, 0.6) is 5.75 Å². The van der Waals surface area contributed by atoms with E-state index >= 15 is 0 Å². The Morgan fingerprint density at radius 3 is 2.95 bits per heavy atom. The molecule has 1 radical (unpaired) electrons. The van der Waals surface area contributed by atoms with Crippen LogP contribution in [0.25, 0.3) is 11.1 Å². The molecule has 0 fully saturated rings. The second-order valence-corrected chi connectivity index (χ2v) is 4.51. The van der Waals surface area contributed by atoms with Crippen LogP contribution in [-0.4, -0.2) is 22.6 Å². The summed E-state index contributed by atoms with van der Waals surface area (Å²) in [7, 11) is 1.89. The van der Waals surface area contributed by atoms with Crippen molar-refractivity contribution in [3.05, 3.63) is 36.7 Å². The van der Waals surface area contributed by atoms with Gasteiger partial charge in [0.2, 0.25) is 0 Å². The number of ether oxygens (including phenoxy) is 1. The molecule has 4 nitrogen and oxygen atoms in total. The van der Waals surface area contributed by atoms with Crippen molar-refractivity contribution in [2.75, 3.05) is 6.61 Å². The van der Waals surface area contributed by atoms with Crippen LogP contribution in [0.15, 0.2) is 30.6 Å². The zero-order chi connectivity index (χ0) is 13.7. The van der Waals surface area contributed by atoms with Crippen LogP contribution in [0.1, 0.15) is 13.3 Å². The number of aromatic nitrogens is 2. The molecule has 4 heteroatoms. The number of nitrogens with one attached hydrogen (secondary N) is 1. The van der Waals surface area contributed by atoms with Gasteiger partial charge in [-0.2, -0.15) is 5.10 Å². The minimum Gasteiger partial charge on any atom is -0.493 e. The lowest BCUT2D eigenvalue weighted by molar-refractivity contribution is 0.283. The standard InChI is InChI=1S/C15H18N3O/c1-3-12(8-16)11-19-15-6-4-5-13(7-15)14-9-17-18(2)10-14/h5-10,12,16H,3,11H2,1-2H3/t12-/m1/s1. The van der Waals surface area contributed by atoms with E-state index in [2.05, 4.69) is 18.1 Å². The Labute approximate surface area is 113 Å². The molecule has 0 aliphatic heterocycles. The average molecular weight is 256 g/mol. The first-order valence-electron chi connectivity index (χ1n) is 6.36. The second kappa shape index (κ2) is 6.18. The quantitative estimate of drug-likeness (QED) is 0.808. The van der Waals surface area contributed by atoms with Crippen molar-refractivity contribution in [3.8, 4) is 16.9 Å². The lowest BCUT2D eigenvalue weighted by Crippen LogP contribution is -2.11. The second-order valence-electron chi connectivity index (χ2n) is 4.51. The molecule has 1 aromatic heterocycles. The SMILES string of the molecule is CC[C@H](C=N)COc1c[c]cc(-c2cnn(C)c2)c1. The summed E-state index contributed by atoms with van der Waals surface area (Å²) in [5, 5.41) is 11.4. The van der Waals surface area contributed by atoms with Crippen molar-refractivity contribution in [2.24, 2.45) is 13.0 Å². The highest BCUT2D eigenvalue weighted by Crippen LogP contribution is 2.23. The summed E-state index contributed by atoms with van der Waals surface area (Å²) in [5.41, 5.74) is 2.08. The number of aryl methyl sites for hydroxylation is 1. The summed E-state index contributed by atoms with van der Waals surface area (Å²) < 4.78 is 7.48. The van der Waals surface area contributed by atoms with E-state index in [1.807, 2.05) is 37.6 Å². The molecule has 0 aliphatic carbocycles. The maximum absolute atomic E-state index is 7.28. The van der Waals surface area contributed by atoms with E-state index in [-0.39, 0.29) is 5.92 Å². The van der Waals surface area contributed by atoms with Crippen LogP contribution in [0.3, 0.4) is 0 Å². The molecule has 1 atom stereocenters. The fourth-order valence-electron chi connectivity index (χ4n) is 1.76. The highest BCUT2D eigenvalue weighted by molar-refractivity contribution is 5.63. The number of hydrogen-bond donors (Lipinski definition) is 1. The van der Waals surface area contributed by atoms with Crippen molar-refractivity contribution >= 4 is 6.21 Å². The van der Waals surface area contributed by atoms with Crippen molar-refractivity contribution in [1.29, 1.82) is 5.41 Å². The summed E-state index contributed by atoms with van der Waals surface area (Å²) >= 11 is 0. The summed E-state index contributed by atoms with van der Waals surface area (Å²) in [5.74, 6) is 0.948. The number of rotatable bonds is 6. The molecule has 0 amide bonds. The summed E-state index contributed by atoms with van der Waals surface area (Å²) in [6.07, 6.45) is 6.13. The maximum Gasteiger partial charge on any atom is 0.120 e. The maximum atomic E-state index is 7.28. The van der Waals surface area contributed by atoms with E-state index in [4.69, 9.17) is 10.1 Å². The van der Waals surface area contributed by atoms with Gasteiger partial charge in [0.25, 0.3) is 0 Å². The molecule has 19 heavy (non-hydrogen) atoms. The normalized spacial score (nSPS) is 12.1. The van der Waals surface area contributed by atoms with Crippen LogP contribution in [0.2, 0.25) is 0 Å². The number of hydrogen-bond acceptors (Lipinski definition) is 3. The zero-order valence-electron chi connectivity index (χ0n) is 11.3. The Morgan fingerprint density at radius 1 is 1.47 bits per heavy atom. The van der Waals surface area contributed by atoms with Crippen molar-refractivity contribution in [2.45, 2.75) is 13.3 Å². The van der Waals surface area contributed by atoms with Crippen LogP contribution in [0.4, 0.5) is 0 Å². The Hall–Kier alpha value is -2.10. The largest absolute Gasteiger partial charge is 0.493 e. The van der Waals surface area contributed by atoms with Crippen LogP contribution >= 0.6 is 0 Å². The number of nitrogens with zero attached hydrogens (tertiary/aromatic N) is 2. The van der Waals surface area contributed by atoms with E-state index in [0.717, 1.165) is 23.3 Å². The Kier molecular flexibility index (Phi) is 4.34.